The molecule has 0 unspecified atom stereocenters. The van der Waals surface area contributed by atoms with Gasteiger partial charge < -0.3 is 14.7 Å². The molecule has 0 aromatic heterocycles. The molecule has 1 saturated heterocycles. The van der Waals surface area contributed by atoms with Gasteiger partial charge in [0.05, 0.1) is 6.61 Å². The summed E-state index contributed by atoms with van der Waals surface area (Å²) in [6.07, 6.45) is 0.810. The van der Waals surface area contributed by atoms with E-state index in [1.807, 2.05) is 23.1 Å². The van der Waals surface area contributed by atoms with E-state index in [-0.39, 0.29) is 18.3 Å². The number of aliphatic hydroxyl groups is 1. The number of carbonyl (C=O) groups excluding carboxylic acids is 1. The molecule has 30 heavy (non-hydrogen) atoms. The van der Waals surface area contributed by atoms with Crippen LogP contribution in [0.3, 0.4) is 0 Å². The van der Waals surface area contributed by atoms with E-state index in [4.69, 9.17) is 9.84 Å². The number of hydrogen-bond acceptors (Lipinski definition) is 4. The smallest absolute Gasteiger partial charge is 0.253 e. The molecule has 0 saturated carbocycles. The standard InChI is InChI=1S/C24H31FN2O3/c1-18(2)15-21-16-20(24(29)27-11-9-26(10-12-27)13-14-28)5-8-23(21)30-17-19-3-6-22(25)7-4-19/h3-8,16,18,28H,9-15,17H2,1-2H3. The Morgan fingerprint density at radius 1 is 1.10 bits per heavy atom. The molecule has 2 aromatic rings. The second-order valence-electron chi connectivity index (χ2n) is 8.19. The van der Waals surface area contributed by atoms with E-state index in [9.17, 15) is 9.18 Å². The molecule has 162 valence electrons. The van der Waals surface area contributed by atoms with Crippen LogP contribution in [0, 0.1) is 11.7 Å². The van der Waals surface area contributed by atoms with Gasteiger partial charge in [-0.25, -0.2) is 4.39 Å². The van der Waals surface area contributed by atoms with Crippen molar-refractivity contribution in [2.45, 2.75) is 26.9 Å². The van der Waals surface area contributed by atoms with Gasteiger partial charge in [-0.1, -0.05) is 26.0 Å². The monoisotopic (exact) mass is 414 g/mol. The Kier molecular flexibility index (Phi) is 7.82. The topological polar surface area (TPSA) is 53.0 Å². The van der Waals surface area contributed by atoms with Crippen molar-refractivity contribution in [1.82, 2.24) is 9.80 Å². The Balaban J connectivity index is 1.70. The number of carbonyl (C=O) groups is 1. The first-order valence-corrected chi connectivity index (χ1v) is 10.6. The van der Waals surface area contributed by atoms with Crippen molar-refractivity contribution < 1.29 is 19.0 Å². The predicted molar refractivity (Wildman–Crippen MR) is 115 cm³/mol. The van der Waals surface area contributed by atoms with Crippen LogP contribution in [0.5, 0.6) is 5.75 Å². The van der Waals surface area contributed by atoms with Crippen LogP contribution < -0.4 is 4.74 Å². The molecule has 0 atom stereocenters. The molecule has 1 amide bonds. The maximum atomic E-state index is 13.1. The van der Waals surface area contributed by atoms with Crippen molar-refractivity contribution in [1.29, 1.82) is 0 Å². The highest BCUT2D eigenvalue weighted by Gasteiger charge is 2.22. The molecule has 3 rings (SSSR count). The fraction of sp³-hybridized carbons (Fsp3) is 0.458. The number of rotatable bonds is 8. The lowest BCUT2D eigenvalue weighted by atomic mass is 9.99. The Morgan fingerprint density at radius 2 is 1.80 bits per heavy atom. The van der Waals surface area contributed by atoms with Crippen LogP contribution >= 0.6 is 0 Å². The van der Waals surface area contributed by atoms with Crippen molar-refractivity contribution in [3.63, 3.8) is 0 Å². The minimum absolute atomic E-state index is 0.0359. The lowest BCUT2D eigenvalue weighted by molar-refractivity contribution is 0.0615. The van der Waals surface area contributed by atoms with E-state index in [1.165, 1.54) is 12.1 Å². The Labute approximate surface area is 178 Å². The van der Waals surface area contributed by atoms with Crippen molar-refractivity contribution >= 4 is 5.91 Å². The number of nitrogens with zero attached hydrogens (tertiary/aromatic N) is 2. The fourth-order valence-electron chi connectivity index (χ4n) is 3.69. The molecule has 1 N–H and O–H groups in total. The van der Waals surface area contributed by atoms with Crippen LogP contribution in [0.25, 0.3) is 0 Å². The third kappa shape index (κ3) is 6.03. The minimum Gasteiger partial charge on any atom is -0.489 e. The zero-order valence-electron chi connectivity index (χ0n) is 17.8. The van der Waals surface area contributed by atoms with E-state index in [0.29, 0.717) is 37.7 Å². The molecule has 0 aliphatic carbocycles. The van der Waals surface area contributed by atoms with Crippen molar-refractivity contribution in [2.24, 2.45) is 5.92 Å². The third-order valence-corrected chi connectivity index (χ3v) is 5.32. The Bertz CT molecular complexity index is 831. The number of halogens is 1. The molecule has 0 spiro atoms. The van der Waals surface area contributed by atoms with Gasteiger partial charge in [-0.05, 0) is 53.8 Å². The highest BCUT2D eigenvalue weighted by molar-refractivity contribution is 5.94. The summed E-state index contributed by atoms with van der Waals surface area (Å²) in [5.74, 6) is 0.955. The van der Waals surface area contributed by atoms with E-state index >= 15 is 0 Å². The maximum absolute atomic E-state index is 13.1. The quantitative estimate of drug-likeness (QED) is 0.720. The number of aliphatic hydroxyl groups excluding tert-OH is 1. The first-order valence-electron chi connectivity index (χ1n) is 10.6. The molecule has 1 fully saturated rings. The van der Waals surface area contributed by atoms with Crippen LogP contribution in [-0.2, 0) is 13.0 Å². The molecule has 2 aromatic carbocycles. The average Bonchev–Trinajstić information content (AvgIpc) is 2.74. The zero-order chi connectivity index (χ0) is 21.5. The van der Waals surface area contributed by atoms with Gasteiger partial charge in [-0.2, -0.15) is 0 Å². The Hall–Kier alpha value is -2.44. The number of hydrogen-bond donors (Lipinski definition) is 1. The summed E-state index contributed by atoms with van der Waals surface area (Å²) in [7, 11) is 0. The summed E-state index contributed by atoms with van der Waals surface area (Å²) in [5, 5.41) is 9.08. The summed E-state index contributed by atoms with van der Waals surface area (Å²) in [5.41, 5.74) is 2.58. The van der Waals surface area contributed by atoms with Crippen molar-refractivity contribution in [3.05, 3.63) is 65.0 Å². The summed E-state index contributed by atoms with van der Waals surface area (Å²) in [4.78, 5) is 17.0. The SMILES string of the molecule is CC(C)Cc1cc(C(=O)N2CCN(CCO)CC2)ccc1OCc1ccc(F)cc1. The number of piperazine rings is 1. The second-order valence-corrected chi connectivity index (χ2v) is 8.19. The number of benzene rings is 2. The molecule has 0 bridgehead atoms. The van der Waals surface area contributed by atoms with Gasteiger partial charge in [0.15, 0.2) is 0 Å². The third-order valence-electron chi connectivity index (χ3n) is 5.32. The van der Waals surface area contributed by atoms with Crippen LogP contribution in [0.1, 0.15) is 35.3 Å². The molecule has 1 heterocycles. The van der Waals surface area contributed by atoms with E-state index in [1.54, 1.807) is 12.1 Å². The van der Waals surface area contributed by atoms with Gasteiger partial charge in [0.2, 0.25) is 0 Å². The van der Waals surface area contributed by atoms with Crippen LogP contribution in [0.4, 0.5) is 4.39 Å². The van der Waals surface area contributed by atoms with Gasteiger partial charge in [-0.15, -0.1) is 0 Å². The van der Waals surface area contributed by atoms with Crippen LogP contribution in [-0.4, -0.2) is 60.1 Å². The van der Waals surface area contributed by atoms with Gasteiger partial charge in [0.1, 0.15) is 18.2 Å². The molecular weight excluding hydrogens is 383 g/mol. The van der Waals surface area contributed by atoms with E-state index in [2.05, 4.69) is 18.7 Å². The van der Waals surface area contributed by atoms with Gasteiger partial charge in [0.25, 0.3) is 5.91 Å². The lowest BCUT2D eigenvalue weighted by Crippen LogP contribution is -2.49. The normalized spacial score (nSPS) is 14.9. The van der Waals surface area contributed by atoms with Gasteiger partial charge in [-0.3, -0.25) is 9.69 Å². The van der Waals surface area contributed by atoms with E-state index in [0.717, 1.165) is 36.4 Å². The zero-order valence-corrected chi connectivity index (χ0v) is 17.8. The first kappa shape index (κ1) is 22.2. The lowest BCUT2D eigenvalue weighted by Gasteiger charge is -2.34. The highest BCUT2D eigenvalue weighted by atomic mass is 19.1. The molecule has 5 nitrogen and oxygen atoms in total. The maximum Gasteiger partial charge on any atom is 0.253 e. The largest absolute Gasteiger partial charge is 0.489 e. The summed E-state index contributed by atoms with van der Waals surface area (Å²) in [6.45, 7) is 8.33. The van der Waals surface area contributed by atoms with Gasteiger partial charge in [0, 0.05) is 38.3 Å². The second kappa shape index (κ2) is 10.5. The van der Waals surface area contributed by atoms with Crippen LogP contribution in [0.15, 0.2) is 42.5 Å². The molecular formula is C24H31FN2O3. The molecule has 1 aliphatic rings. The van der Waals surface area contributed by atoms with Crippen molar-refractivity contribution in [3.8, 4) is 5.75 Å². The molecule has 1 aliphatic heterocycles. The highest BCUT2D eigenvalue weighted by Crippen LogP contribution is 2.25. The van der Waals surface area contributed by atoms with Crippen molar-refractivity contribution in [2.75, 3.05) is 39.3 Å². The minimum atomic E-state index is -0.265. The number of amides is 1. The first-order chi connectivity index (χ1) is 14.5. The summed E-state index contributed by atoms with van der Waals surface area (Å²) in [6, 6.07) is 11.9. The van der Waals surface area contributed by atoms with Gasteiger partial charge >= 0.3 is 0 Å². The summed E-state index contributed by atoms with van der Waals surface area (Å²) >= 11 is 0. The molecule has 0 radical (unpaired) electrons. The fourth-order valence-corrected chi connectivity index (χ4v) is 3.69. The predicted octanol–water partition coefficient (Wildman–Crippen LogP) is 3.35. The Morgan fingerprint density at radius 3 is 2.43 bits per heavy atom. The average molecular weight is 415 g/mol. The molecule has 6 heteroatoms. The van der Waals surface area contributed by atoms with Crippen LogP contribution in [0.2, 0.25) is 0 Å². The number of ether oxygens (including phenoxy) is 1. The summed E-state index contributed by atoms with van der Waals surface area (Å²) < 4.78 is 19.1. The van der Waals surface area contributed by atoms with E-state index < -0.39 is 0 Å². The number of β-amino-alcohol motifs (C(OH)–C–C–N with tert-alkyl or cyclic N) is 1.